The molecular formula is C14H22ClN3O2S. The molecule has 7 heteroatoms. The number of amides is 1. The molecule has 2 atom stereocenters. The second-order valence-electron chi connectivity index (χ2n) is 5.55. The van der Waals surface area contributed by atoms with Gasteiger partial charge < -0.3 is 14.7 Å². The highest BCUT2D eigenvalue weighted by atomic mass is 35.5. The van der Waals surface area contributed by atoms with Crippen LogP contribution in [0.15, 0.2) is 10.6 Å². The lowest BCUT2D eigenvalue weighted by Gasteiger charge is -2.27. The summed E-state index contributed by atoms with van der Waals surface area (Å²) < 4.78 is 5.35. The highest BCUT2D eigenvalue weighted by Gasteiger charge is 2.33. The van der Waals surface area contributed by atoms with E-state index in [9.17, 15) is 4.79 Å². The smallest absolute Gasteiger partial charge is 0.224 e. The van der Waals surface area contributed by atoms with Gasteiger partial charge in [-0.3, -0.25) is 4.79 Å². The molecule has 0 radical (unpaired) electrons. The van der Waals surface area contributed by atoms with Crippen LogP contribution in [0.1, 0.15) is 36.8 Å². The molecule has 0 bridgehead atoms. The normalized spacial score (nSPS) is 25.7. The quantitative estimate of drug-likeness (QED) is 0.919. The summed E-state index contributed by atoms with van der Waals surface area (Å²) in [7, 11) is 0. The van der Waals surface area contributed by atoms with Crippen LogP contribution in [0.4, 0.5) is 0 Å². The predicted molar refractivity (Wildman–Crippen MR) is 85.9 cm³/mol. The molecule has 3 heterocycles. The van der Waals surface area contributed by atoms with Gasteiger partial charge in [-0.15, -0.1) is 12.4 Å². The highest BCUT2D eigenvalue weighted by molar-refractivity contribution is 7.99. The van der Waals surface area contributed by atoms with Gasteiger partial charge in [-0.1, -0.05) is 5.16 Å². The summed E-state index contributed by atoms with van der Waals surface area (Å²) in [4.78, 5) is 14.5. The number of rotatable bonds is 3. The first-order chi connectivity index (χ1) is 9.74. The Morgan fingerprint density at radius 1 is 1.62 bits per heavy atom. The maximum absolute atomic E-state index is 12.5. The van der Waals surface area contributed by atoms with Gasteiger partial charge in [0.05, 0.1) is 11.7 Å². The minimum absolute atomic E-state index is 0. The Balaban J connectivity index is 0.00000161. The number of hydrogen-bond acceptors (Lipinski definition) is 5. The van der Waals surface area contributed by atoms with E-state index >= 15 is 0 Å². The van der Waals surface area contributed by atoms with E-state index < -0.39 is 0 Å². The fourth-order valence-corrected chi connectivity index (χ4v) is 3.93. The topological polar surface area (TPSA) is 58.4 Å². The molecule has 1 amide bonds. The zero-order valence-electron chi connectivity index (χ0n) is 12.2. The molecule has 1 N–H and O–H groups in total. The van der Waals surface area contributed by atoms with E-state index in [0.717, 1.165) is 48.9 Å². The second-order valence-corrected chi connectivity index (χ2v) is 6.70. The van der Waals surface area contributed by atoms with Crippen LogP contribution < -0.4 is 5.32 Å². The Morgan fingerprint density at radius 2 is 2.48 bits per heavy atom. The number of carbonyl (C=O) groups excluding carboxylic acids is 1. The molecule has 1 aromatic heterocycles. The second kappa shape index (κ2) is 7.51. The van der Waals surface area contributed by atoms with Gasteiger partial charge in [0, 0.05) is 43.1 Å². The van der Waals surface area contributed by atoms with Crippen LogP contribution in [0, 0.1) is 6.92 Å². The third-order valence-electron chi connectivity index (χ3n) is 3.97. The zero-order chi connectivity index (χ0) is 13.9. The van der Waals surface area contributed by atoms with Gasteiger partial charge in [-0.25, -0.2) is 0 Å². The molecule has 2 saturated heterocycles. The van der Waals surface area contributed by atoms with Crippen LogP contribution in [0.3, 0.4) is 0 Å². The molecule has 2 fully saturated rings. The number of hydrogen-bond donors (Lipinski definition) is 1. The first kappa shape index (κ1) is 16.6. The average molecular weight is 332 g/mol. The number of aromatic nitrogens is 1. The average Bonchev–Trinajstić information content (AvgIpc) is 3.08. The molecule has 2 aliphatic rings. The molecule has 5 nitrogen and oxygen atoms in total. The van der Waals surface area contributed by atoms with Gasteiger partial charge in [0.2, 0.25) is 5.91 Å². The summed E-state index contributed by atoms with van der Waals surface area (Å²) in [6.07, 6.45) is 2.62. The van der Waals surface area contributed by atoms with Crippen molar-refractivity contribution in [1.29, 1.82) is 0 Å². The predicted octanol–water partition coefficient (Wildman–Crippen LogP) is 2.16. The third kappa shape index (κ3) is 3.93. The van der Waals surface area contributed by atoms with Gasteiger partial charge in [-0.2, -0.15) is 11.8 Å². The largest absolute Gasteiger partial charge is 0.359 e. The Kier molecular flexibility index (Phi) is 5.96. The standard InChI is InChI=1S/C14H21N3O2S.ClH/c1-10-7-13(19-16-10)12-3-2-5-17(12)14(18)8-11-9-20-6-4-15-11;/h7,11-12,15H,2-6,8-9H2,1H3;1H. The van der Waals surface area contributed by atoms with Crippen molar-refractivity contribution in [2.24, 2.45) is 0 Å². The SMILES string of the molecule is Cc1cc(C2CCCN2C(=O)CC2CSCCN2)on1.Cl. The fourth-order valence-electron chi connectivity index (χ4n) is 2.98. The van der Waals surface area contributed by atoms with Crippen molar-refractivity contribution in [3.63, 3.8) is 0 Å². The minimum atomic E-state index is 0. The van der Waals surface area contributed by atoms with Gasteiger partial charge in [-0.05, 0) is 19.8 Å². The first-order valence-electron chi connectivity index (χ1n) is 7.28. The summed E-state index contributed by atoms with van der Waals surface area (Å²) in [5.74, 6) is 3.25. The molecule has 0 spiro atoms. The van der Waals surface area contributed by atoms with Crippen molar-refractivity contribution in [1.82, 2.24) is 15.4 Å². The number of aryl methyl sites for hydroxylation is 1. The van der Waals surface area contributed by atoms with Gasteiger partial charge in [0.15, 0.2) is 5.76 Å². The van der Waals surface area contributed by atoms with Gasteiger partial charge in [0.1, 0.15) is 0 Å². The summed E-state index contributed by atoms with van der Waals surface area (Å²) in [6.45, 7) is 3.76. The number of nitrogens with zero attached hydrogens (tertiary/aromatic N) is 2. The molecular weight excluding hydrogens is 310 g/mol. The number of nitrogens with one attached hydrogen (secondary N) is 1. The molecule has 118 valence electrons. The highest BCUT2D eigenvalue weighted by Crippen LogP contribution is 2.33. The van der Waals surface area contributed by atoms with E-state index in [1.54, 1.807) is 0 Å². The van der Waals surface area contributed by atoms with E-state index in [1.165, 1.54) is 0 Å². The maximum Gasteiger partial charge on any atom is 0.224 e. The van der Waals surface area contributed by atoms with E-state index in [2.05, 4.69) is 10.5 Å². The summed E-state index contributed by atoms with van der Waals surface area (Å²) in [6, 6.07) is 2.35. The van der Waals surface area contributed by atoms with Gasteiger partial charge >= 0.3 is 0 Å². The summed E-state index contributed by atoms with van der Waals surface area (Å²) in [5.41, 5.74) is 0.879. The number of likely N-dealkylation sites (tertiary alicyclic amines) is 1. The molecule has 0 aliphatic carbocycles. The first-order valence-corrected chi connectivity index (χ1v) is 8.43. The molecule has 2 unspecified atom stereocenters. The monoisotopic (exact) mass is 331 g/mol. The molecule has 0 aromatic carbocycles. The number of carbonyl (C=O) groups is 1. The van der Waals surface area contributed by atoms with E-state index in [0.29, 0.717) is 12.5 Å². The Bertz CT molecular complexity index is 477. The van der Waals surface area contributed by atoms with Crippen molar-refractivity contribution in [2.75, 3.05) is 24.6 Å². The molecule has 2 aliphatic heterocycles. The van der Waals surface area contributed by atoms with Crippen LogP contribution >= 0.6 is 24.2 Å². The Morgan fingerprint density at radius 3 is 3.14 bits per heavy atom. The number of thioether (sulfide) groups is 1. The lowest BCUT2D eigenvalue weighted by atomic mass is 10.1. The third-order valence-corrected chi connectivity index (χ3v) is 5.10. The van der Waals surface area contributed by atoms with Crippen LogP contribution in [-0.2, 0) is 4.79 Å². The molecule has 0 saturated carbocycles. The number of halogens is 1. The van der Waals surface area contributed by atoms with Crippen LogP contribution in [0.25, 0.3) is 0 Å². The lowest BCUT2D eigenvalue weighted by Crippen LogP contribution is -2.42. The lowest BCUT2D eigenvalue weighted by molar-refractivity contribution is -0.132. The van der Waals surface area contributed by atoms with Crippen molar-refractivity contribution >= 4 is 30.1 Å². The van der Waals surface area contributed by atoms with Crippen LogP contribution in [-0.4, -0.2) is 46.6 Å². The van der Waals surface area contributed by atoms with Crippen molar-refractivity contribution in [2.45, 2.75) is 38.3 Å². The maximum atomic E-state index is 12.5. The van der Waals surface area contributed by atoms with Gasteiger partial charge in [0.25, 0.3) is 0 Å². The van der Waals surface area contributed by atoms with E-state index in [1.807, 2.05) is 29.7 Å². The molecule has 21 heavy (non-hydrogen) atoms. The van der Waals surface area contributed by atoms with E-state index in [-0.39, 0.29) is 24.4 Å². The Labute approximate surface area is 135 Å². The fraction of sp³-hybridized carbons (Fsp3) is 0.714. The van der Waals surface area contributed by atoms with E-state index in [4.69, 9.17) is 4.52 Å². The van der Waals surface area contributed by atoms with Crippen LogP contribution in [0.5, 0.6) is 0 Å². The molecule has 3 rings (SSSR count). The zero-order valence-corrected chi connectivity index (χ0v) is 13.8. The minimum Gasteiger partial charge on any atom is -0.359 e. The van der Waals surface area contributed by atoms with Crippen molar-refractivity contribution in [3.05, 3.63) is 17.5 Å². The van der Waals surface area contributed by atoms with Crippen molar-refractivity contribution < 1.29 is 9.32 Å². The van der Waals surface area contributed by atoms with Crippen molar-refractivity contribution in [3.8, 4) is 0 Å². The van der Waals surface area contributed by atoms with Crippen LogP contribution in [0.2, 0.25) is 0 Å². The summed E-state index contributed by atoms with van der Waals surface area (Å²) >= 11 is 1.93. The Hall–Kier alpha value is -0.720. The molecule has 1 aromatic rings. The summed E-state index contributed by atoms with van der Waals surface area (Å²) in [5, 5.41) is 7.37.